The SMILES string of the molecule is CNc1ncc(F)c(SCCC(C)C)n1. The van der Waals surface area contributed by atoms with E-state index in [9.17, 15) is 4.39 Å². The summed E-state index contributed by atoms with van der Waals surface area (Å²) in [6.45, 7) is 4.30. The van der Waals surface area contributed by atoms with Gasteiger partial charge in [-0.1, -0.05) is 13.8 Å². The molecule has 3 nitrogen and oxygen atoms in total. The third kappa shape index (κ3) is 4.03. The smallest absolute Gasteiger partial charge is 0.223 e. The minimum Gasteiger partial charge on any atom is -0.357 e. The molecule has 0 unspecified atom stereocenters. The highest BCUT2D eigenvalue weighted by Crippen LogP contribution is 2.21. The Morgan fingerprint density at radius 3 is 2.87 bits per heavy atom. The predicted octanol–water partition coefficient (Wildman–Crippen LogP) is 2.80. The van der Waals surface area contributed by atoms with Crippen LogP contribution in [0.3, 0.4) is 0 Å². The van der Waals surface area contributed by atoms with Crippen LogP contribution in [0.2, 0.25) is 0 Å². The molecular formula is C10H16FN3S. The Hall–Kier alpha value is -0.840. The lowest BCUT2D eigenvalue weighted by atomic mass is 10.2. The zero-order valence-electron chi connectivity index (χ0n) is 9.25. The van der Waals surface area contributed by atoms with Gasteiger partial charge in [0.25, 0.3) is 0 Å². The van der Waals surface area contributed by atoms with E-state index >= 15 is 0 Å². The number of hydrogen-bond acceptors (Lipinski definition) is 4. The van der Waals surface area contributed by atoms with Crippen LogP contribution in [0.1, 0.15) is 20.3 Å². The first kappa shape index (κ1) is 12.2. The van der Waals surface area contributed by atoms with Gasteiger partial charge in [-0.15, -0.1) is 11.8 Å². The number of nitrogens with one attached hydrogen (secondary N) is 1. The molecule has 0 aromatic carbocycles. The fourth-order valence-electron chi connectivity index (χ4n) is 0.964. The van der Waals surface area contributed by atoms with Crippen molar-refractivity contribution in [2.75, 3.05) is 18.1 Å². The monoisotopic (exact) mass is 229 g/mol. The van der Waals surface area contributed by atoms with E-state index in [4.69, 9.17) is 0 Å². The maximum absolute atomic E-state index is 13.3. The van der Waals surface area contributed by atoms with Gasteiger partial charge in [-0.2, -0.15) is 0 Å². The quantitative estimate of drug-likeness (QED) is 0.622. The van der Waals surface area contributed by atoms with Crippen LogP contribution < -0.4 is 5.32 Å². The molecule has 0 saturated heterocycles. The highest BCUT2D eigenvalue weighted by atomic mass is 32.2. The lowest BCUT2D eigenvalue weighted by Gasteiger charge is -2.05. The minimum absolute atomic E-state index is 0.345. The van der Waals surface area contributed by atoms with Gasteiger partial charge in [-0.25, -0.2) is 14.4 Å². The Balaban J connectivity index is 2.59. The Morgan fingerprint density at radius 2 is 2.27 bits per heavy atom. The average molecular weight is 229 g/mol. The number of hydrogen-bond donors (Lipinski definition) is 1. The van der Waals surface area contributed by atoms with Gasteiger partial charge in [0, 0.05) is 7.05 Å². The van der Waals surface area contributed by atoms with E-state index in [1.165, 1.54) is 18.0 Å². The highest BCUT2D eigenvalue weighted by Gasteiger charge is 2.07. The molecule has 0 amide bonds. The van der Waals surface area contributed by atoms with E-state index in [1.54, 1.807) is 7.05 Å². The summed E-state index contributed by atoms with van der Waals surface area (Å²) in [6, 6.07) is 0. The van der Waals surface area contributed by atoms with E-state index in [1.807, 2.05) is 0 Å². The maximum atomic E-state index is 13.3. The Bertz CT molecular complexity index is 318. The molecule has 1 rings (SSSR count). The molecule has 1 aromatic heterocycles. The molecule has 0 atom stereocenters. The largest absolute Gasteiger partial charge is 0.357 e. The van der Waals surface area contributed by atoms with Gasteiger partial charge >= 0.3 is 0 Å². The summed E-state index contributed by atoms with van der Waals surface area (Å²) >= 11 is 1.44. The van der Waals surface area contributed by atoms with Crippen LogP contribution in [0.15, 0.2) is 11.2 Å². The van der Waals surface area contributed by atoms with Crippen molar-refractivity contribution in [1.82, 2.24) is 9.97 Å². The molecule has 0 aliphatic carbocycles. The van der Waals surface area contributed by atoms with Gasteiger partial charge in [0.05, 0.1) is 6.20 Å². The zero-order valence-corrected chi connectivity index (χ0v) is 10.1. The van der Waals surface area contributed by atoms with Crippen molar-refractivity contribution in [3.05, 3.63) is 12.0 Å². The molecule has 1 N–H and O–H groups in total. The molecule has 15 heavy (non-hydrogen) atoms. The Kier molecular flexibility index (Phi) is 4.81. The number of halogens is 1. The van der Waals surface area contributed by atoms with Crippen LogP contribution in [-0.2, 0) is 0 Å². The maximum Gasteiger partial charge on any atom is 0.223 e. The predicted molar refractivity (Wildman–Crippen MR) is 61.7 cm³/mol. The highest BCUT2D eigenvalue weighted by molar-refractivity contribution is 7.99. The first-order chi connectivity index (χ1) is 7.13. The normalized spacial score (nSPS) is 10.7. The van der Waals surface area contributed by atoms with Crippen molar-refractivity contribution in [2.45, 2.75) is 25.3 Å². The molecule has 1 heterocycles. The van der Waals surface area contributed by atoms with Crippen molar-refractivity contribution >= 4 is 17.7 Å². The van der Waals surface area contributed by atoms with E-state index < -0.39 is 0 Å². The van der Waals surface area contributed by atoms with Crippen molar-refractivity contribution in [3.8, 4) is 0 Å². The molecule has 5 heteroatoms. The van der Waals surface area contributed by atoms with E-state index in [0.717, 1.165) is 12.2 Å². The van der Waals surface area contributed by atoms with Crippen LogP contribution in [-0.4, -0.2) is 22.8 Å². The summed E-state index contributed by atoms with van der Waals surface area (Å²) in [7, 11) is 1.72. The third-order valence-electron chi connectivity index (χ3n) is 1.87. The van der Waals surface area contributed by atoms with Gasteiger partial charge in [0.2, 0.25) is 5.95 Å². The lowest BCUT2D eigenvalue weighted by molar-refractivity contribution is 0.579. The molecule has 1 aromatic rings. The van der Waals surface area contributed by atoms with Crippen molar-refractivity contribution < 1.29 is 4.39 Å². The topological polar surface area (TPSA) is 37.8 Å². The molecule has 0 bridgehead atoms. The van der Waals surface area contributed by atoms with E-state index in [0.29, 0.717) is 16.9 Å². The zero-order chi connectivity index (χ0) is 11.3. The summed E-state index contributed by atoms with van der Waals surface area (Å²) < 4.78 is 13.3. The standard InChI is InChI=1S/C10H16FN3S/c1-7(2)4-5-15-9-8(11)6-13-10(12-3)14-9/h6-7H,4-5H2,1-3H3,(H,12,13,14). The molecular weight excluding hydrogens is 213 g/mol. The summed E-state index contributed by atoms with van der Waals surface area (Å²) in [5.74, 6) is 1.63. The van der Waals surface area contributed by atoms with Gasteiger partial charge in [-0.3, -0.25) is 0 Å². The van der Waals surface area contributed by atoms with Gasteiger partial charge in [-0.05, 0) is 18.1 Å². The number of rotatable bonds is 5. The summed E-state index contributed by atoms with van der Waals surface area (Å²) in [4.78, 5) is 7.84. The molecule has 84 valence electrons. The van der Waals surface area contributed by atoms with Crippen LogP contribution in [0, 0.1) is 11.7 Å². The van der Waals surface area contributed by atoms with Crippen LogP contribution in [0.25, 0.3) is 0 Å². The number of anilines is 1. The minimum atomic E-state index is -0.345. The molecule has 0 aliphatic rings. The van der Waals surface area contributed by atoms with E-state index in [2.05, 4.69) is 29.1 Å². The second kappa shape index (κ2) is 5.90. The summed E-state index contributed by atoms with van der Waals surface area (Å²) in [5, 5.41) is 3.22. The number of nitrogens with zero attached hydrogens (tertiary/aromatic N) is 2. The third-order valence-corrected chi connectivity index (χ3v) is 2.87. The van der Waals surface area contributed by atoms with Gasteiger partial charge in [0.15, 0.2) is 5.82 Å². The first-order valence-corrected chi connectivity index (χ1v) is 5.95. The molecule has 0 radical (unpaired) electrons. The second-order valence-electron chi connectivity index (χ2n) is 3.63. The fourth-order valence-corrected chi connectivity index (χ4v) is 2.09. The summed E-state index contributed by atoms with van der Waals surface area (Å²) in [6.07, 6.45) is 2.26. The number of aromatic nitrogens is 2. The van der Waals surface area contributed by atoms with Crippen molar-refractivity contribution in [3.63, 3.8) is 0 Å². The molecule has 0 aliphatic heterocycles. The van der Waals surface area contributed by atoms with Crippen LogP contribution in [0.5, 0.6) is 0 Å². The second-order valence-corrected chi connectivity index (χ2v) is 4.71. The average Bonchev–Trinajstić information content (AvgIpc) is 2.20. The van der Waals surface area contributed by atoms with E-state index in [-0.39, 0.29) is 5.82 Å². The van der Waals surface area contributed by atoms with Gasteiger partial charge in [0.1, 0.15) is 5.03 Å². The van der Waals surface area contributed by atoms with Gasteiger partial charge < -0.3 is 5.32 Å². The Morgan fingerprint density at radius 1 is 1.53 bits per heavy atom. The number of thioether (sulfide) groups is 1. The van der Waals surface area contributed by atoms with Crippen LogP contribution >= 0.6 is 11.8 Å². The van der Waals surface area contributed by atoms with Crippen LogP contribution in [0.4, 0.5) is 10.3 Å². The molecule has 0 saturated carbocycles. The van der Waals surface area contributed by atoms with Crippen molar-refractivity contribution in [2.24, 2.45) is 5.92 Å². The Labute approximate surface area is 93.9 Å². The van der Waals surface area contributed by atoms with Crippen molar-refractivity contribution in [1.29, 1.82) is 0 Å². The molecule has 0 fully saturated rings. The fraction of sp³-hybridized carbons (Fsp3) is 0.600. The first-order valence-electron chi connectivity index (χ1n) is 4.96. The summed E-state index contributed by atoms with van der Waals surface area (Å²) in [5.41, 5.74) is 0. The lowest BCUT2D eigenvalue weighted by Crippen LogP contribution is -1.99. The molecule has 0 spiro atoms.